The van der Waals surface area contributed by atoms with Crippen LogP contribution in [0.2, 0.25) is 5.02 Å². The molecular formula is C24H20ClN3O3S. The van der Waals surface area contributed by atoms with Crippen LogP contribution in [0.3, 0.4) is 0 Å². The summed E-state index contributed by atoms with van der Waals surface area (Å²) in [7, 11) is 0. The molecule has 0 saturated carbocycles. The molecule has 1 aromatic heterocycles. The van der Waals surface area contributed by atoms with Gasteiger partial charge in [0.1, 0.15) is 5.75 Å². The quantitative estimate of drug-likeness (QED) is 0.301. The largest absolute Gasteiger partial charge is 0.492 e. The van der Waals surface area contributed by atoms with Crippen LogP contribution in [-0.4, -0.2) is 27.8 Å². The van der Waals surface area contributed by atoms with Crippen molar-refractivity contribution >= 4 is 45.9 Å². The minimum atomic E-state index is -0.242. The van der Waals surface area contributed by atoms with E-state index in [-0.39, 0.29) is 17.2 Å². The van der Waals surface area contributed by atoms with E-state index in [4.69, 9.17) is 16.3 Å². The maximum atomic E-state index is 13.3. The van der Waals surface area contributed by atoms with Crippen LogP contribution >= 0.6 is 23.4 Å². The third-order valence-electron chi connectivity index (χ3n) is 4.63. The number of halogens is 1. The Bertz CT molecular complexity index is 1340. The molecule has 8 heteroatoms. The van der Waals surface area contributed by atoms with Gasteiger partial charge in [0.05, 0.1) is 39.7 Å². The van der Waals surface area contributed by atoms with Crippen LogP contribution in [0.15, 0.2) is 82.7 Å². The highest BCUT2D eigenvalue weighted by molar-refractivity contribution is 7.99. The lowest BCUT2D eigenvalue weighted by atomic mass is 10.2. The Morgan fingerprint density at radius 1 is 1.06 bits per heavy atom. The summed E-state index contributed by atoms with van der Waals surface area (Å²) in [6, 6.07) is 21.4. The van der Waals surface area contributed by atoms with Crippen molar-refractivity contribution in [2.24, 2.45) is 0 Å². The molecule has 0 aliphatic heterocycles. The summed E-state index contributed by atoms with van der Waals surface area (Å²) in [6.45, 7) is 2.38. The van der Waals surface area contributed by atoms with Gasteiger partial charge in [-0.2, -0.15) is 0 Å². The molecule has 0 aliphatic carbocycles. The summed E-state index contributed by atoms with van der Waals surface area (Å²) in [5.74, 6) is 0.413. The molecule has 1 N–H and O–H groups in total. The van der Waals surface area contributed by atoms with Gasteiger partial charge in [0.2, 0.25) is 5.91 Å². The number of carbonyl (C=O) groups is 1. The minimum Gasteiger partial charge on any atom is -0.492 e. The number of amides is 1. The Labute approximate surface area is 194 Å². The van der Waals surface area contributed by atoms with Gasteiger partial charge >= 0.3 is 0 Å². The number of fused-ring (bicyclic) bond motifs is 1. The van der Waals surface area contributed by atoms with Crippen molar-refractivity contribution in [3.63, 3.8) is 0 Å². The van der Waals surface area contributed by atoms with Crippen LogP contribution in [0, 0.1) is 0 Å². The second-order valence-corrected chi connectivity index (χ2v) is 8.12. The predicted molar refractivity (Wildman–Crippen MR) is 129 cm³/mol. The van der Waals surface area contributed by atoms with E-state index in [9.17, 15) is 9.59 Å². The molecule has 0 bridgehead atoms. The number of para-hydroxylation sites is 4. The van der Waals surface area contributed by atoms with Crippen molar-refractivity contribution in [2.75, 3.05) is 17.7 Å². The van der Waals surface area contributed by atoms with Gasteiger partial charge < -0.3 is 10.1 Å². The Balaban J connectivity index is 1.66. The first-order valence-corrected chi connectivity index (χ1v) is 11.4. The number of rotatable bonds is 7. The summed E-state index contributed by atoms with van der Waals surface area (Å²) < 4.78 is 7.02. The van der Waals surface area contributed by atoms with Crippen LogP contribution in [0.1, 0.15) is 6.92 Å². The number of anilines is 1. The number of hydrogen-bond acceptors (Lipinski definition) is 5. The van der Waals surface area contributed by atoms with E-state index < -0.39 is 0 Å². The standard InChI is InChI=1S/C24H20ClN3O3S/c1-2-31-21-14-8-6-12-19(21)26-22(29)15-32-24-27-18-11-5-3-9-16(18)23(30)28(24)20-13-7-4-10-17(20)25/h3-14H,2,15H2,1H3,(H,26,29). The zero-order valence-corrected chi connectivity index (χ0v) is 18.8. The molecule has 0 atom stereocenters. The van der Waals surface area contributed by atoms with Crippen molar-refractivity contribution in [3.8, 4) is 11.4 Å². The molecule has 162 valence electrons. The lowest BCUT2D eigenvalue weighted by Gasteiger charge is -2.15. The second-order valence-electron chi connectivity index (χ2n) is 6.77. The highest BCUT2D eigenvalue weighted by Gasteiger charge is 2.17. The van der Waals surface area contributed by atoms with Crippen molar-refractivity contribution in [1.82, 2.24) is 9.55 Å². The fourth-order valence-corrected chi connectivity index (χ4v) is 4.25. The van der Waals surface area contributed by atoms with E-state index >= 15 is 0 Å². The molecule has 32 heavy (non-hydrogen) atoms. The Morgan fingerprint density at radius 2 is 1.78 bits per heavy atom. The Morgan fingerprint density at radius 3 is 2.59 bits per heavy atom. The van der Waals surface area contributed by atoms with Gasteiger partial charge in [0, 0.05) is 0 Å². The van der Waals surface area contributed by atoms with Crippen molar-refractivity contribution in [3.05, 3.63) is 88.2 Å². The fraction of sp³-hybridized carbons (Fsp3) is 0.125. The van der Waals surface area contributed by atoms with E-state index in [0.29, 0.717) is 44.8 Å². The topological polar surface area (TPSA) is 73.2 Å². The third kappa shape index (κ3) is 4.64. The molecule has 0 spiro atoms. The SMILES string of the molecule is CCOc1ccccc1NC(=O)CSc1nc2ccccc2c(=O)n1-c1ccccc1Cl. The Kier molecular flexibility index (Phi) is 6.78. The summed E-state index contributed by atoms with van der Waals surface area (Å²) in [4.78, 5) is 30.6. The molecule has 1 heterocycles. The molecule has 4 rings (SSSR count). The first-order valence-electron chi connectivity index (χ1n) is 9.99. The molecule has 0 unspecified atom stereocenters. The number of nitrogens with one attached hydrogen (secondary N) is 1. The zero-order chi connectivity index (χ0) is 22.5. The summed E-state index contributed by atoms with van der Waals surface area (Å²) in [5.41, 5.74) is 1.43. The van der Waals surface area contributed by atoms with Gasteiger partial charge in [0.15, 0.2) is 5.16 Å². The molecule has 0 aliphatic rings. The third-order valence-corrected chi connectivity index (χ3v) is 5.89. The average molecular weight is 466 g/mol. The molecule has 4 aromatic rings. The van der Waals surface area contributed by atoms with Crippen molar-refractivity contribution in [2.45, 2.75) is 12.1 Å². The average Bonchev–Trinajstić information content (AvgIpc) is 2.80. The number of hydrogen-bond donors (Lipinski definition) is 1. The summed E-state index contributed by atoms with van der Waals surface area (Å²) >= 11 is 7.55. The highest BCUT2D eigenvalue weighted by Crippen LogP contribution is 2.27. The first kappa shape index (κ1) is 21.9. The van der Waals surface area contributed by atoms with Crippen molar-refractivity contribution in [1.29, 1.82) is 0 Å². The minimum absolute atomic E-state index is 0.0513. The van der Waals surface area contributed by atoms with E-state index in [0.717, 1.165) is 0 Å². The predicted octanol–water partition coefficient (Wildman–Crippen LogP) is 5.17. The number of benzene rings is 3. The van der Waals surface area contributed by atoms with Crippen LogP contribution in [0.5, 0.6) is 5.75 Å². The summed E-state index contributed by atoms with van der Waals surface area (Å²) in [6.07, 6.45) is 0. The van der Waals surface area contributed by atoms with E-state index in [1.807, 2.05) is 25.1 Å². The van der Waals surface area contributed by atoms with E-state index in [2.05, 4.69) is 10.3 Å². The second kappa shape index (κ2) is 9.89. The zero-order valence-electron chi connectivity index (χ0n) is 17.2. The molecule has 0 radical (unpaired) electrons. The van der Waals surface area contributed by atoms with Crippen LogP contribution in [0.25, 0.3) is 16.6 Å². The molecule has 6 nitrogen and oxygen atoms in total. The maximum Gasteiger partial charge on any atom is 0.266 e. The number of thioether (sulfide) groups is 1. The number of ether oxygens (including phenoxy) is 1. The monoisotopic (exact) mass is 465 g/mol. The van der Waals surface area contributed by atoms with E-state index in [1.165, 1.54) is 16.3 Å². The molecule has 1 amide bonds. The van der Waals surface area contributed by atoms with Crippen LogP contribution in [-0.2, 0) is 4.79 Å². The molecule has 0 fully saturated rings. The first-order chi connectivity index (χ1) is 15.6. The van der Waals surface area contributed by atoms with Gasteiger partial charge in [-0.05, 0) is 43.3 Å². The normalized spacial score (nSPS) is 10.8. The number of nitrogens with zero attached hydrogens (tertiary/aromatic N) is 2. The fourth-order valence-electron chi connectivity index (χ4n) is 3.22. The molecule has 0 saturated heterocycles. The van der Waals surface area contributed by atoms with Crippen LogP contribution in [0.4, 0.5) is 5.69 Å². The van der Waals surface area contributed by atoms with Gasteiger partial charge in [-0.15, -0.1) is 0 Å². The van der Waals surface area contributed by atoms with Gasteiger partial charge in [-0.25, -0.2) is 4.98 Å². The Hall–Kier alpha value is -3.29. The smallest absolute Gasteiger partial charge is 0.266 e. The van der Waals surface area contributed by atoms with Crippen molar-refractivity contribution < 1.29 is 9.53 Å². The van der Waals surface area contributed by atoms with Gasteiger partial charge in [0.25, 0.3) is 5.56 Å². The van der Waals surface area contributed by atoms with Crippen LogP contribution < -0.4 is 15.6 Å². The molecule has 3 aromatic carbocycles. The van der Waals surface area contributed by atoms with Gasteiger partial charge in [-0.3, -0.25) is 14.2 Å². The lowest BCUT2D eigenvalue weighted by molar-refractivity contribution is -0.113. The highest BCUT2D eigenvalue weighted by atomic mass is 35.5. The summed E-state index contributed by atoms with van der Waals surface area (Å²) in [5, 5.41) is 4.14. The van der Waals surface area contributed by atoms with Gasteiger partial charge in [-0.1, -0.05) is 59.8 Å². The number of aromatic nitrogens is 2. The molecular weight excluding hydrogens is 446 g/mol. The lowest BCUT2D eigenvalue weighted by Crippen LogP contribution is -2.23. The number of carbonyl (C=O) groups excluding carboxylic acids is 1. The maximum absolute atomic E-state index is 13.3. The van der Waals surface area contributed by atoms with E-state index in [1.54, 1.807) is 54.6 Å².